The molecule has 0 aliphatic carbocycles. The van der Waals surface area contributed by atoms with Crippen LogP contribution in [0.4, 0.5) is 4.79 Å². The Morgan fingerprint density at radius 2 is 1.91 bits per heavy atom. The topological polar surface area (TPSA) is 51.7 Å². The van der Waals surface area contributed by atoms with Crippen LogP contribution < -0.4 is 4.74 Å². The molecule has 1 saturated heterocycles. The first kappa shape index (κ1) is 17.9. The number of aromatic nitrogens is 1. The van der Waals surface area contributed by atoms with Gasteiger partial charge in [0.05, 0.1) is 5.69 Å². The lowest BCUT2D eigenvalue weighted by Gasteiger charge is -2.33. The van der Waals surface area contributed by atoms with Crippen LogP contribution in [0.15, 0.2) is 6.07 Å². The number of piperidine rings is 1. The minimum Gasteiger partial charge on any atom is -0.489 e. The van der Waals surface area contributed by atoms with Crippen LogP contribution in [0.5, 0.6) is 5.75 Å². The number of hydrogen-bond donors (Lipinski definition) is 0. The first-order valence-electron chi connectivity index (χ1n) is 7.94. The number of carbonyl (C=O) groups is 1. The predicted molar refractivity (Wildman–Crippen MR) is 90.2 cm³/mol. The van der Waals surface area contributed by atoms with Gasteiger partial charge in [-0.3, -0.25) is 4.98 Å². The third kappa shape index (κ3) is 4.99. The van der Waals surface area contributed by atoms with Gasteiger partial charge < -0.3 is 14.4 Å². The highest BCUT2D eigenvalue weighted by molar-refractivity contribution is 6.32. The van der Waals surface area contributed by atoms with Crippen molar-refractivity contribution >= 4 is 17.7 Å². The lowest BCUT2D eigenvalue weighted by Crippen LogP contribution is -2.44. The van der Waals surface area contributed by atoms with Crippen molar-refractivity contribution < 1.29 is 14.3 Å². The lowest BCUT2D eigenvalue weighted by atomic mass is 10.1. The average Bonchev–Trinajstić information content (AvgIpc) is 2.43. The van der Waals surface area contributed by atoms with E-state index in [1.807, 2.05) is 40.7 Å². The van der Waals surface area contributed by atoms with Gasteiger partial charge in [-0.2, -0.15) is 0 Å². The third-order valence-corrected chi connectivity index (χ3v) is 4.07. The molecular weight excluding hydrogens is 316 g/mol. The van der Waals surface area contributed by atoms with E-state index >= 15 is 0 Å². The van der Waals surface area contributed by atoms with Gasteiger partial charge >= 0.3 is 6.09 Å². The molecule has 0 unspecified atom stereocenters. The number of aryl methyl sites for hydroxylation is 2. The number of nitrogens with zero attached hydrogens (tertiary/aromatic N) is 2. The van der Waals surface area contributed by atoms with Crippen LogP contribution in [0, 0.1) is 13.8 Å². The zero-order valence-electron chi connectivity index (χ0n) is 14.5. The standard InChI is InChI=1S/C17H25ClN2O3/c1-11-10-14(15(18)12(2)19-11)22-13-6-8-20(9-7-13)16(21)23-17(3,4)5/h10,13H,6-9H2,1-5H3. The Labute approximate surface area is 142 Å². The van der Waals surface area contributed by atoms with Crippen molar-refractivity contribution in [1.82, 2.24) is 9.88 Å². The number of likely N-dealkylation sites (tertiary alicyclic amines) is 1. The summed E-state index contributed by atoms with van der Waals surface area (Å²) in [5.74, 6) is 0.674. The van der Waals surface area contributed by atoms with Gasteiger partial charge in [0.2, 0.25) is 0 Å². The minimum absolute atomic E-state index is 0.0485. The monoisotopic (exact) mass is 340 g/mol. The number of ether oxygens (including phenoxy) is 2. The highest BCUT2D eigenvalue weighted by atomic mass is 35.5. The minimum atomic E-state index is -0.468. The summed E-state index contributed by atoms with van der Waals surface area (Å²) in [7, 11) is 0. The van der Waals surface area contributed by atoms with Crippen LogP contribution in [0.25, 0.3) is 0 Å². The van der Waals surface area contributed by atoms with Crippen LogP contribution in [0.1, 0.15) is 45.0 Å². The Kier molecular flexibility index (Phi) is 5.40. The molecule has 2 heterocycles. The second-order valence-electron chi connectivity index (χ2n) is 6.95. The number of amides is 1. The van der Waals surface area contributed by atoms with Crippen molar-refractivity contribution in [2.45, 2.75) is 59.2 Å². The van der Waals surface area contributed by atoms with Gasteiger partial charge in [-0.25, -0.2) is 4.79 Å². The average molecular weight is 341 g/mol. The van der Waals surface area contributed by atoms with Gasteiger partial charge in [0, 0.05) is 37.7 Å². The van der Waals surface area contributed by atoms with Crippen LogP contribution in [0.3, 0.4) is 0 Å². The molecule has 1 aliphatic heterocycles. The van der Waals surface area contributed by atoms with Crippen LogP contribution in [-0.2, 0) is 4.74 Å². The summed E-state index contributed by atoms with van der Waals surface area (Å²) in [6.07, 6.45) is 1.31. The Morgan fingerprint density at radius 1 is 1.30 bits per heavy atom. The molecule has 1 aliphatic rings. The van der Waals surface area contributed by atoms with Crippen LogP contribution in [0.2, 0.25) is 5.02 Å². The predicted octanol–water partition coefficient (Wildman–Crippen LogP) is 4.13. The molecule has 1 fully saturated rings. The summed E-state index contributed by atoms with van der Waals surface area (Å²) in [5.41, 5.74) is 1.19. The molecule has 5 nitrogen and oxygen atoms in total. The summed E-state index contributed by atoms with van der Waals surface area (Å²) in [4.78, 5) is 18.1. The molecule has 23 heavy (non-hydrogen) atoms. The number of carbonyl (C=O) groups excluding carboxylic acids is 1. The van der Waals surface area contributed by atoms with E-state index in [1.165, 1.54) is 0 Å². The van der Waals surface area contributed by atoms with E-state index < -0.39 is 5.60 Å². The second kappa shape index (κ2) is 6.95. The zero-order chi connectivity index (χ0) is 17.2. The fourth-order valence-electron chi connectivity index (χ4n) is 2.53. The summed E-state index contributed by atoms with van der Waals surface area (Å²) in [6.45, 7) is 10.7. The molecule has 0 aromatic carbocycles. The van der Waals surface area contributed by atoms with E-state index in [-0.39, 0.29) is 12.2 Å². The summed E-state index contributed by atoms with van der Waals surface area (Å²) in [6, 6.07) is 1.86. The lowest BCUT2D eigenvalue weighted by molar-refractivity contribution is 0.0126. The molecule has 2 rings (SSSR count). The fourth-order valence-corrected chi connectivity index (χ4v) is 2.67. The normalized spacial score (nSPS) is 16.3. The summed E-state index contributed by atoms with van der Waals surface area (Å²) < 4.78 is 11.4. The Bertz CT molecular complexity index is 576. The van der Waals surface area contributed by atoms with E-state index in [4.69, 9.17) is 21.1 Å². The van der Waals surface area contributed by atoms with E-state index in [2.05, 4.69) is 4.98 Å². The zero-order valence-corrected chi connectivity index (χ0v) is 15.2. The van der Waals surface area contributed by atoms with Gasteiger partial charge in [-0.15, -0.1) is 0 Å². The molecule has 1 aromatic heterocycles. The van der Waals surface area contributed by atoms with Crippen LogP contribution in [-0.4, -0.2) is 40.8 Å². The number of hydrogen-bond acceptors (Lipinski definition) is 4. The molecule has 0 atom stereocenters. The molecule has 0 saturated carbocycles. The Hall–Kier alpha value is -1.49. The molecule has 0 spiro atoms. The number of halogens is 1. The third-order valence-electron chi connectivity index (χ3n) is 3.61. The maximum absolute atomic E-state index is 12.1. The SMILES string of the molecule is Cc1cc(OC2CCN(C(=O)OC(C)(C)C)CC2)c(Cl)c(C)n1. The molecule has 1 amide bonds. The number of pyridine rings is 1. The van der Waals surface area contributed by atoms with Crippen molar-refractivity contribution in [1.29, 1.82) is 0 Å². The Balaban J connectivity index is 1.92. The molecule has 1 aromatic rings. The van der Waals surface area contributed by atoms with Crippen molar-refractivity contribution in [2.75, 3.05) is 13.1 Å². The van der Waals surface area contributed by atoms with E-state index in [0.29, 0.717) is 23.9 Å². The Morgan fingerprint density at radius 3 is 2.48 bits per heavy atom. The van der Waals surface area contributed by atoms with E-state index in [1.54, 1.807) is 4.90 Å². The summed E-state index contributed by atoms with van der Waals surface area (Å²) >= 11 is 6.26. The molecular formula is C17H25ClN2O3. The highest BCUT2D eigenvalue weighted by Gasteiger charge is 2.28. The van der Waals surface area contributed by atoms with Gasteiger partial charge in [0.25, 0.3) is 0 Å². The first-order valence-corrected chi connectivity index (χ1v) is 8.32. The molecule has 6 heteroatoms. The van der Waals surface area contributed by atoms with Crippen molar-refractivity contribution in [2.24, 2.45) is 0 Å². The second-order valence-corrected chi connectivity index (χ2v) is 7.32. The fraction of sp³-hybridized carbons (Fsp3) is 0.647. The first-order chi connectivity index (χ1) is 10.7. The summed E-state index contributed by atoms with van der Waals surface area (Å²) in [5, 5.41) is 0.560. The molecule has 0 radical (unpaired) electrons. The molecule has 0 N–H and O–H groups in total. The van der Waals surface area contributed by atoms with Crippen molar-refractivity contribution in [3.8, 4) is 5.75 Å². The highest BCUT2D eigenvalue weighted by Crippen LogP contribution is 2.30. The largest absolute Gasteiger partial charge is 0.489 e. The molecule has 0 bridgehead atoms. The van der Waals surface area contributed by atoms with E-state index in [9.17, 15) is 4.79 Å². The smallest absolute Gasteiger partial charge is 0.410 e. The maximum atomic E-state index is 12.1. The van der Waals surface area contributed by atoms with Gasteiger partial charge in [0.1, 0.15) is 22.5 Å². The quantitative estimate of drug-likeness (QED) is 0.812. The van der Waals surface area contributed by atoms with E-state index in [0.717, 1.165) is 24.2 Å². The van der Waals surface area contributed by atoms with Crippen LogP contribution >= 0.6 is 11.6 Å². The van der Waals surface area contributed by atoms with Crippen molar-refractivity contribution in [3.05, 3.63) is 22.5 Å². The van der Waals surface area contributed by atoms with Gasteiger partial charge in [-0.05, 0) is 34.6 Å². The van der Waals surface area contributed by atoms with Gasteiger partial charge in [-0.1, -0.05) is 11.6 Å². The van der Waals surface area contributed by atoms with Crippen molar-refractivity contribution in [3.63, 3.8) is 0 Å². The van der Waals surface area contributed by atoms with Gasteiger partial charge in [0.15, 0.2) is 0 Å². The number of rotatable bonds is 2. The maximum Gasteiger partial charge on any atom is 0.410 e. The molecule has 128 valence electrons.